The first kappa shape index (κ1) is 14.3. The lowest BCUT2D eigenvalue weighted by Crippen LogP contribution is -1.99. The third-order valence-electron chi connectivity index (χ3n) is 3.29. The number of aromatic nitrogens is 3. The Hall–Kier alpha value is -2.61. The van der Waals surface area contributed by atoms with Gasteiger partial charge < -0.3 is 14.9 Å². The third kappa shape index (κ3) is 2.37. The Labute approximate surface area is 129 Å². The normalized spacial score (nSPS) is 10.9. The number of thiophene rings is 1. The SMILES string of the molecule is Cc1ccc(Oc2ncnc3sc(C)c(C)c23)c([N+](=O)[O-])n1. The maximum Gasteiger partial charge on any atom is 0.407 e. The number of hydrogen-bond donors (Lipinski definition) is 0. The second-order valence-electron chi connectivity index (χ2n) is 4.78. The van der Waals surface area contributed by atoms with Gasteiger partial charge in [-0.2, -0.15) is 0 Å². The van der Waals surface area contributed by atoms with Crippen LogP contribution in [-0.4, -0.2) is 19.9 Å². The zero-order valence-electron chi connectivity index (χ0n) is 12.2. The van der Waals surface area contributed by atoms with E-state index in [0.717, 1.165) is 20.7 Å². The summed E-state index contributed by atoms with van der Waals surface area (Å²) in [4.78, 5) is 24.7. The van der Waals surface area contributed by atoms with Gasteiger partial charge in [0.15, 0.2) is 0 Å². The Morgan fingerprint density at radius 1 is 1.23 bits per heavy atom. The third-order valence-corrected chi connectivity index (χ3v) is 4.40. The van der Waals surface area contributed by atoms with Crippen molar-refractivity contribution < 1.29 is 9.66 Å². The van der Waals surface area contributed by atoms with Crippen molar-refractivity contribution in [3.8, 4) is 11.6 Å². The molecular formula is C14H12N4O3S. The molecule has 0 aliphatic rings. The maximum atomic E-state index is 11.1. The van der Waals surface area contributed by atoms with Gasteiger partial charge in [0.25, 0.3) is 0 Å². The van der Waals surface area contributed by atoms with E-state index in [9.17, 15) is 10.1 Å². The fraction of sp³-hybridized carbons (Fsp3) is 0.214. The zero-order chi connectivity index (χ0) is 15.9. The van der Waals surface area contributed by atoms with Gasteiger partial charge in [-0.25, -0.2) is 9.97 Å². The van der Waals surface area contributed by atoms with Gasteiger partial charge in [-0.05, 0) is 41.5 Å². The molecular weight excluding hydrogens is 304 g/mol. The van der Waals surface area contributed by atoms with Crippen LogP contribution in [0.25, 0.3) is 10.2 Å². The molecule has 3 heterocycles. The summed E-state index contributed by atoms with van der Waals surface area (Å²) in [5.74, 6) is 0.0517. The van der Waals surface area contributed by atoms with Crippen LogP contribution >= 0.6 is 11.3 Å². The van der Waals surface area contributed by atoms with E-state index in [2.05, 4.69) is 15.0 Å². The highest BCUT2D eigenvalue weighted by Crippen LogP contribution is 2.37. The molecule has 0 saturated heterocycles. The van der Waals surface area contributed by atoms with E-state index in [-0.39, 0.29) is 11.6 Å². The van der Waals surface area contributed by atoms with E-state index in [1.807, 2.05) is 13.8 Å². The molecule has 0 saturated carbocycles. The van der Waals surface area contributed by atoms with Gasteiger partial charge in [0, 0.05) is 11.8 Å². The van der Waals surface area contributed by atoms with Crippen LogP contribution in [0.2, 0.25) is 0 Å². The molecule has 0 aromatic carbocycles. The first-order valence-electron chi connectivity index (χ1n) is 6.48. The summed E-state index contributed by atoms with van der Waals surface area (Å²) in [6.07, 6.45) is 1.39. The van der Waals surface area contributed by atoms with Crippen LogP contribution in [0.3, 0.4) is 0 Å². The standard InChI is InChI=1S/C14H12N4O3S/c1-7-4-5-10(12(17-7)18(19)20)21-13-11-8(2)9(3)22-14(11)16-6-15-13/h4-6H,1-3H3. The summed E-state index contributed by atoms with van der Waals surface area (Å²) >= 11 is 1.54. The largest absolute Gasteiger partial charge is 0.429 e. The summed E-state index contributed by atoms with van der Waals surface area (Å²) < 4.78 is 5.68. The van der Waals surface area contributed by atoms with Crippen molar-refractivity contribution in [2.24, 2.45) is 0 Å². The summed E-state index contributed by atoms with van der Waals surface area (Å²) in [7, 11) is 0. The minimum atomic E-state index is -0.563. The number of ether oxygens (including phenoxy) is 1. The van der Waals surface area contributed by atoms with Crippen LogP contribution in [0.1, 0.15) is 16.1 Å². The van der Waals surface area contributed by atoms with Crippen molar-refractivity contribution in [2.75, 3.05) is 0 Å². The Kier molecular flexibility index (Phi) is 3.45. The van der Waals surface area contributed by atoms with E-state index in [1.54, 1.807) is 13.0 Å². The van der Waals surface area contributed by atoms with Gasteiger partial charge in [0.2, 0.25) is 11.6 Å². The molecule has 3 aromatic rings. The van der Waals surface area contributed by atoms with Crippen molar-refractivity contribution in [1.29, 1.82) is 0 Å². The average molecular weight is 316 g/mol. The van der Waals surface area contributed by atoms with Gasteiger partial charge in [0.1, 0.15) is 16.9 Å². The molecule has 22 heavy (non-hydrogen) atoms. The lowest BCUT2D eigenvalue weighted by atomic mass is 10.2. The average Bonchev–Trinajstić information content (AvgIpc) is 2.77. The Morgan fingerprint density at radius 2 is 2.00 bits per heavy atom. The molecule has 0 radical (unpaired) electrons. The van der Waals surface area contributed by atoms with E-state index < -0.39 is 4.92 Å². The Bertz CT molecular complexity index is 891. The second kappa shape index (κ2) is 5.30. The molecule has 0 aliphatic heterocycles. The summed E-state index contributed by atoms with van der Waals surface area (Å²) in [6, 6.07) is 3.19. The molecule has 0 N–H and O–H groups in total. The van der Waals surface area contributed by atoms with Crippen molar-refractivity contribution >= 4 is 27.4 Å². The van der Waals surface area contributed by atoms with Crippen molar-refractivity contribution in [1.82, 2.24) is 15.0 Å². The summed E-state index contributed by atoms with van der Waals surface area (Å²) in [5.41, 5.74) is 1.56. The molecule has 0 amide bonds. The van der Waals surface area contributed by atoms with E-state index in [0.29, 0.717) is 11.6 Å². The van der Waals surface area contributed by atoms with Crippen LogP contribution in [0.4, 0.5) is 5.82 Å². The molecule has 0 fully saturated rings. The summed E-state index contributed by atoms with van der Waals surface area (Å²) in [5, 5.41) is 11.9. The topological polar surface area (TPSA) is 91.0 Å². The van der Waals surface area contributed by atoms with Gasteiger partial charge in [-0.3, -0.25) is 0 Å². The second-order valence-corrected chi connectivity index (χ2v) is 5.98. The first-order chi connectivity index (χ1) is 10.5. The number of aryl methyl sites for hydroxylation is 3. The van der Waals surface area contributed by atoms with Crippen LogP contribution in [0, 0.1) is 30.9 Å². The number of fused-ring (bicyclic) bond motifs is 1. The van der Waals surface area contributed by atoms with Crippen molar-refractivity contribution in [3.05, 3.63) is 44.7 Å². The Balaban J connectivity index is 2.13. The number of nitro groups is 1. The molecule has 0 bridgehead atoms. The number of hydrogen-bond acceptors (Lipinski definition) is 7. The van der Waals surface area contributed by atoms with Crippen LogP contribution < -0.4 is 4.74 Å². The van der Waals surface area contributed by atoms with Crippen molar-refractivity contribution in [2.45, 2.75) is 20.8 Å². The minimum absolute atomic E-state index is 0.0684. The predicted octanol–water partition coefficient (Wildman–Crippen LogP) is 3.71. The fourth-order valence-corrected chi connectivity index (χ4v) is 3.06. The van der Waals surface area contributed by atoms with Crippen LogP contribution in [0.15, 0.2) is 18.5 Å². The van der Waals surface area contributed by atoms with E-state index in [4.69, 9.17) is 4.74 Å². The molecule has 112 valence electrons. The van der Waals surface area contributed by atoms with Gasteiger partial charge in [0.05, 0.1) is 5.39 Å². The minimum Gasteiger partial charge on any atom is -0.429 e. The number of rotatable bonds is 3. The monoisotopic (exact) mass is 316 g/mol. The molecule has 7 nitrogen and oxygen atoms in total. The molecule has 0 spiro atoms. The lowest BCUT2D eigenvalue weighted by Gasteiger charge is -2.06. The summed E-state index contributed by atoms with van der Waals surface area (Å²) in [6.45, 7) is 5.62. The lowest BCUT2D eigenvalue weighted by molar-refractivity contribution is -0.390. The molecule has 8 heteroatoms. The van der Waals surface area contributed by atoms with Gasteiger partial charge in [-0.1, -0.05) is 0 Å². The maximum absolute atomic E-state index is 11.1. The van der Waals surface area contributed by atoms with Crippen molar-refractivity contribution in [3.63, 3.8) is 0 Å². The molecule has 3 rings (SSSR count). The smallest absolute Gasteiger partial charge is 0.407 e. The van der Waals surface area contributed by atoms with Crippen LogP contribution in [0.5, 0.6) is 11.6 Å². The highest BCUT2D eigenvalue weighted by atomic mass is 32.1. The van der Waals surface area contributed by atoms with Gasteiger partial charge in [-0.15, -0.1) is 11.3 Å². The highest BCUT2D eigenvalue weighted by Gasteiger charge is 2.21. The molecule has 0 aliphatic carbocycles. The molecule has 3 aromatic heterocycles. The predicted molar refractivity (Wildman–Crippen MR) is 82.6 cm³/mol. The molecule has 0 unspecified atom stereocenters. The van der Waals surface area contributed by atoms with E-state index >= 15 is 0 Å². The van der Waals surface area contributed by atoms with Gasteiger partial charge >= 0.3 is 5.82 Å². The highest BCUT2D eigenvalue weighted by molar-refractivity contribution is 7.18. The number of nitrogens with zero attached hydrogens (tertiary/aromatic N) is 4. The molecule has 0 atom stereocenters. The van der Waals surface area contributed by atoms with E-state index in [1.165, 1.54) is 23.7 Å². The first-order valence-corrected chi connectivity index (χ1v) is 7.29. The fourth-order valence-electron chi connectivity index (χ4n) is 2.07. The quantitative estimate of drug-likeness (QED) is 0.540. The van der Waals surface area contributed by atoms with Crippen LogP contribution in [-0.2, 0) is 0 Å². The Morgan fingerprint density at radius 3 is 2.73 bits per heavy atom. The zero-order valence-corrected chi connectivity index (χ0v) is 13.0. The number of pyridine rings is 1.